The molecule has 0 bridgehead atoms. The minimum atomic E-state index is -0.217. The highest BCUT2D eigenvalue weighted by Crippen LogP contribution is 2.28. The molecule has 35 heavy (non-hydrogen) atoms. The van der Waals surface area contributed by atoms with Crippen molar-refractivity contribution in [2.45, 2.75) is 38.9 Å². The largest absolute Gasteiger partial charge is 0.459 e. The van der Waals surface area contributed by atoms with E-state index in [0.29, 0.717) is 29.9 Å². The van der Waals surface area contributed by atoms with Crippen LogP contribution in [0.2, 0.25) is 0 Å². The van der Waals surface area contributed by atoms with E-state index in [1.54, 1.807) is 13.1 Å². The molecule has 8 heteroatoms. The molecule has 3 aromatic heterocycles. The van der Waals surface area contributed by atoms with E-state index in [0.717, 1.165) is 47.1 Å². The third-order valence-corrected chi connectivity index (χ3v) is 6.67. The van der Waals surface area contributed by atoms with Crippen molar-refractivity contribution in [2.75, 3.05) is 18.0 Å². The Labute approximate surface area is 201 Å². The Balaban J connectivity index is 1.43. The molecule has 0 radical (unpaired) electrons. The molecule has 0 spiro atoms. The van der Waals surface area contributed by atoms with Crippen molar-refractivity contribution in [1.29, 1.82) is 0 Å². The van der Waals surface area contributed by atoms with E-state index < -0.39 is 0 Å². The van der Waals surface area contributed by atoms with Gasteiger partial charge in [0.05, 0.1) is 12.7 Å². The Hall–Kier alpha value is -4.09. The number of benzene rings is 2. The second-order valence-electron chi connectivity index (χ2n) is 9.03. The number of piperidine rings is 1. The lowest BCUT2D eigenvalue weighted by atomic mass is 10.1. The van der Waals surface area contributed by atoms with Crippen LogP contribution in [0.15, 0.2) is 57.9 Å². The van der Waals surface area contributed by atoms with Crippen molar-refractivity contribution in [3.8, 4) is 11.8 Å². The summed E-state index contributed by atoms with van der Waals surface area (Å²) in [5.74, 6) is 7.42. The number of hydrogen-bond acceptors (Lipinski definition) is 6. The molecule has 1 unspecified atom stereocenters. The molecule has 2 N–H and O–H groups in total. The molecule has 0 amide bonds. The maximum atomic E-state index is 13.6. The summed E-state index contributed by atoms with van der Waals surface area (Å²) in [5.41, 5.74) is 7.86. The fraction of sp³-hybridized carbons (Fsp3) is 0.296. The summed E-state index contributed by atoms with van der Waals surface area (Å²) in [4.78, 5) is 20.5. The molecule has 1 aliphatic heterocycles. The van der Waals surface area contributed by atoms with Crippen molar-refractivity contribution in [2.24, 2.45) is 5.73 Å². The lowest BCUT2D eigenvalue weighted by molar-refractivity contribution is 0.495. The molecule has 8 nitrogen and oxygen atoms in total. The number of nitrogens with zero attached hydrogens (tertiary/aromatic N) is 5. The number of fused-ring (bicyclic) bond motifs is 4. The molecule has 1 atom stereocenters. The van der Waals surface area contributed by atoms with Crippen LogP contribution in [-0.2, 0) is 13.1 Å². The van der Waals surface area contributed by atoms with E-state index in [1.807, 2.05) is 34.9 Å². The predicted molar refractivity (Wildman–Crippen MR) is 137 cm³/mol. The normalized spacial score (nSPS) is 16.2. The van der Waals surface area contributed by atoms with Gasteiger partial charge in [0.25, 0.3) is 5.56 Å². The van der Waals surface area contributed by atoms with Gasteiger partial charge in [0, 0.05) is 24.5 Å². The van der Waals surface area contributed by atoms with Gasteiger partial charge in [0.2, 0.25) is 5.95 Å². The highest BCUT2D eigenvalue weighted by Gasteiger charge is 2.24. The number of nitrogens with two attached hydrogens (primary N) is 1. The Morgan fingerprint density at radius 3 is 2.94 bits per heavy atom. The topological polar surface area (TPSA) is 95.1 Å². The molecular formula is C27H26N6O2. The number of rotatable bonds is 4. The lowest BCUT2D eigenvalue weighted by Crippen LogP contribution is -2.44. The Morgan fingerprint density at radius 2 is 2.09 bits per heavy atom. The zero-order valence-electron chi connectivity index (χ0n) is 19.6. The van der Waals surface area contributed by atoms with Gasteiger partial charge in [-0.3, -0.25) is 9.36 Å². The molecule has 1 fully saturated rings. The highest BCUT2D eigenvalue weighted by atomic mass is 16.3. The van der Waals surface area contributed by atoms with E-state index in [-0.39, 0.29) is 18.1 Å². The fourth-order valence-electron chi connectivity index (χ4n) is 5.00. The number of aromatic nitrogens is 4. The van der Waals surface area contributed by atoms with Gasteiger partial charge in [-0.15, -0.1) is 5.92 Å². The monoisotopic (exact) mass is 466 g/mol. The molecule has 176 valence electrons. The third kappa shape index (κ3) is 3.74. The van der Waals surface area contributed by atoms with Crippen molar-refractivity contribution in [3.63, 3.8) is 0 Å². The number of imidazole rings is 1. The van der Waals surface area contributed by atoms with E-state index in [2.05, 4.69) is 34.0 Å². The van der Waals surface area contributed by atoms with Crippen LogP contribution in [0.4, 0.5) is 5.95 Å². The molecule has 0 saturated carbocycles. The Kier molecular flexibility index (Phi) is 5.27. The molecule has 2 aromatic carbocycles. The van der Waals surface area contributed by atoms with Crippen LogP contribution in [0.3, 0.4) is 0 Å². The SMILES string of the molecule is CC#CCn1c(N2CCCC(N)C2)nc2cnn(Cc3cc4c(ccc5ccccc54)o3)c(=O)c21. The van der Waals surface area contributed by atoms with Crippen molar-refractivity contribution < 1.29 is 4.42 Å². The molecule has 1 saturated heterocycles. The maximum Gasteiger partial charge on any atom is 0.293 e. The average Bonchev–Trinajstić information content (AvgIpc) is 3.46. The first kappa shape index (κ1) is 21.4. The quantitative estimate of drug-likeness (QED) is 0.408. The second kappa shape index (κ2) is 8.60. The summed E-state index contributed by atoms with van der Waals surface area (Å²) in [6.45, 7) is 3.96. The van der Waals surface area contributed by atoms with Crippen LogP contribution >= 0.6 is 0 Å². The van der Waals surface area contributed by atoms with Crippen molar-refractivity contribution >= 4 is 38.7 Å². The summed E-state index contributed by atoms with van der Waals surface area (Å²) >= 11 is 0. The summed E-state index contributed by atoms with van der Waals surface area (Å²) in [5, 5.41) is 7.71. The average molecular weight is 467 g/mol. The van der Waals surface area contributed by atoms with Gasteiger partial charge in [-0.25, -0.2) is 9.67 Å². The van der Waals surface area contributed by atoms with Crippen LogP contribution in [0.25, 0.3) is 32.8 Å². The maximum absolute atomic E-state index is 13.6. The first-order valence-corrected chi connectivity index (χ1v) is 11.9. The minimum Gasteiger partial charge on any atom is -0.459 e. The van der Waals surface area contributed by atoms with Crippen molar-refractivity contribution in [3.05, 3.63) is 64.8 Å². The molecule has 0 aliphatic carbocycles. The van der Waals surface area contributed by atoms with E-state index in [4.69, 9.17) is 15.1 Å². The van der Waals surface area contributed by atoms with Gasteiger partial charge in [0.15, 0.2) is 0 Å². The Morgan fingerprint density at radius 1 is 1.20 bits per heavy atom. The Bertz CT molecular complexity index is 1680. The second-order valence-corrected chi connectivity index (χ2v) is 9.03. The fourth-order valence-corrected chi connectivity index (χ4v) is 5.00. The van der Waals surface area contributed by atoms with Crippen molar-refractivity contribution in [1.82, 2.24) is 19.3 Å². The first-order chi connectivity index (χ1) is 17.1. The first-order valence-electron chi connectivity index (χ1n) is 11.9. The minimum absolute atomic E-state index is 0.0909. The highest BCUT2D eigenvalue weighted by molar-refractivity contribution is 6.05. The molecule has 4 heterocycles. The number of anilines is 1. The third-order valence-electron chi connectivity index (χ3n) is 6.67. The summed E-state index contributed by atoms with van der Waals surface area (Å²) in [6.07, 6.45) is 3.64. The van der Waals surface area contributed by atoms with Gasteiger partial charge in [0.1, 0.15) is 28.9 Å². The summed E-state index contributed by atoms with van der Waals surface area (Å²) in [6, 6.07) is 14.3. The zero-order chi connectivity index (χ0) is 23.9. The molecular weight excluding hydrogens is 440 g/mol. The predicted octanol–water partition coefficient (Wildman–Crippen LogP) is 3.49. The lowest BCUT2D eigenvalue weighted by Gasteiger charge is -2.31. The molecule has 1 aliphatic rings. The summed E-state index contributed by atoms with van der Waals surface area (Å²) in [7, 11) is 0. The molecule has 5 aromatic rings. The van der Waals surface area contributed by atoms with Crippen LogP contribution in [0, 0.1) is 11.8 Å². The summed E-state index contributed by atoms with van der Waals surface area (Å²) < 4.78 is 9.42. The molecule has 6 rings (SSSR count). The van der Waals surface area contributed by atoms with E-state index in [1.165, 1.54) is 4.68 Å². The van der Waals surface area contributed by atoms with Crippen LogP contribution in [0.5, 0.6) is 0 Å². The zero-order valence-corrected chi connectivity index (χ0v) is 19.6. The van der Waals surface area contributed by atoms with Gasteiger partial charge >= 0.3 is 0 Å². The van der Waals surface area contributed by atoms with Crippen LogP contribution in [0.1, 0.15) is 25.5 Å². The number of hydrogen-bond donors (Lipinski definition) is 1. The van der Waals surface area contributed by atoms with Gasteiger partial charge < -0.3 is 15.1 Å². The van der Waals surface area contributed by atoms with Gasteiger partial charge in [-0.2, -0.15) is 5.10 Å². The van der Waals surface area contributed by atoms with Crippen LogP contribution < -0.4 is 16.2 Å². The van der Waals surface area contributed by atoms with Gasteiger partial charge in [-0.05, 0) is 42.7 Å². The van der Waals surface area contributed by atoms with Gasteiger partial charge in [-0.1, -0.05) is 36.3 Å². The number of furan rings is 1. The van der Waals surface area contributed by atoms with E-state index >= 15 is 0 Å². The smallest absolute Gasteiger partial charge is 0.293 e. The standard InChI is InChI=1S/C27H26N6O2/c1-2-3-13-32-25-23(30-27(32)31-12-6-8-19(28)16-31)15-29-33(26(25)34)17-20-14-22-21-9-5-4-7-18(21)10-11-24(22)35-20/h4-5,7,9-11,14-15,19H,6,8,12-13,16-17,28H2,1H3. The van der Waals surface area contributed by atoms with Crippen LogP contribution in [-0.4, -0.2) is 38.5 Å². The van der Waals surface area contributed by atoms with E-state index in [9.17, 15) is 4.79 Å².